The molecule has 0 aliphatic rings. The fraction of sp³-hybridized carbons (Fsp3) is 0.0952. The number of fused-ring (bicyclic) bond motifs is 3. The van der Waals surface area contributed by atoms with E-state index in [2.05, 4.69) is 0 Å². The van der Waals surface area contributed by atoms with Crippen LogP contribution in [0, 0.1) is 0 Å². The first-order chi connectivity index (χ1) is 12.2. The summed E-state index contributed by atoms with van der Waals surface area (Å²) >= 11 is 0. The maximum atomic E-state index is 12.4. The van der Waals surface area contributed by atoms with Crippen molar-refractivity contribution >= 4 is 21.7 Å². The lowest BCUT2D eigenvalue weighted by molar-refractivity contribution is 0.355. The number of benzene rings is 3. The minimum atomic E-state index is -0.393. The zero-order valence-electron chi connectivity index (χ0n) is 13.9. The molecule has 4 rings (SSSR count). The number of hydrogen-bond donors (Lipinski definition) is 0. The van der Waals surface area contributed by atoms with Crippen molar-refractivity contribution < 1.29 is 13.9 Å². The molecule has 4 aromatic rings. The average Bonchev–Trinajstić information content (AvgIpc) is 2.67. The summed E-state index contributed by atoms with van der Waals surface area (Å²) in [6.07, 6.45) is 0. The number of rotatable bonds is 3. The minimum Gasteiger partial charge on any atom is -0.493 e. The maximum Gasteiger partial charge on any atom is 0.344 e. The Labute approximate surface area is 144 Å². The van der Waals surface area contributed by atoms with Gasteiger partial charge in [-0.05, 0) is 35.4 Å². The summed E-state index contributed by atoms with van der Waals surface area (Å²) < 4.78 is 16.2. The Balaban J connectivity index is 2.08. The lowest BCUT2D eigenvalue weighted by Gasteiger charge is -2.11. The van der Waals surface area contributed by atoms with Gasteiger partial charge in [0.05, 0.1) is 19.6 Å². The van der Waals surface area contributed by atoms with Crippen molar-refractivity contribution in [2.75, 3.05) is 14.2 Å². The molecule has 0 N–H and O–H groups in total. The largest absolute Gasteiger partial charge is 0.493 e. The van der Waals surface area contributed by atoms with Crippen LogP contribution in [0.1, 0.15) is 0 Å². The second kappa shape index (κ2) is 5.98. The molecular formula is C21H16O4. The van der Waals surface area contributed by atoms with Crippen LogP contribution < -0.4 is 15.1 Å². The first-order valence-electron chi connectivity index (χ1n) is 7.89. The Morgan fingerprint density at radius 3 is 2.08 bits per heavy atom. The SMILES string of the molecule is COc1cc2c(=O)oc3ccc(-c4ccccc4)cc3c2cc1OC. The van der Waals surface area contributed by atoms with Gasteiger partial charge >= 0.3 is 5.63 Å². The van der Waals surface area contributed by atoms with E-state index in [1.54, 1.807) is 20.3 Å². The van der Waals surface area contributed by atoms with Gasteiger partial charge in [0.2, 0.25) is 0 Å². The van der Waals surface area contributed by atoms with Crippen LogP contribution >= 0.6 is 0 Å². The summed E-state index contributed by atoms with van der Waals surface area (Å²) in [5, 5.41) is 2.11. The van der Waals surface area contributed by atoms with Gasteiger partial charge in [-0.3, -0.25) is 0 Å². The fourth-order valence-electron chi connectivity index (χ4n) is 3.07. The van der Waals surface area contributed by atoms with Gasteiger partial charge in [-0.2, -0.15) is 0 Å². The molecule has 0 fully saturated rings. The molecule has 0 radical (unpaired) electrons. The predicted octanol–water partition coefficient (Wildman–Crippen LogP) is 4.63. The predicted molar refractivity (Wildman–Crippen MR) is 98.5 cm³/mol. The highest BCUT2D eigenvalue weighted by atomic mass is 16.5. The van der Waals surface area contributed by atoms with Crippen LogP contribution in [0.5, 0.6) is 11.5 Å². The summed E-state index contributed by atoms with van der Waals surface area (Å²) in [5.41, 5.74) is 2.31. The smallest absolute Gasteiger partial charge is 0.344 e. The Morgan fingerprint density at radius 1 is 0.720 bits per heavy atom. The van der Waals surface area contributed by atoms with Gasteiger partial charge in [0, 0.05) is 10.8 Å². The molecule has 0 amide bonds. The molecule has 0 unspecified atom stereocenters. The summed E-state index contributed by atoms with van der Waals surface area (Å²) in [7, 11) is 3.12. The van der Waals surface area contributed by atoms with Crippen LogP contribution in [0.3, 0.4) is 0 Å². The third-order valence-corrected chi connectivity index (χ3v) is 4.32. The summed E-state index contributed by atoms with van der Waals surface area (Å²) in [6, 6.07) is 19.4. The molecule has 0 saturated carbocycles. The van der Waals surface area contributed by atoms with Crippen molar-refractivity contribution in [3.63, 3.8) is 0 Å². The van der Waals surface area contributed by atoms with Gasteiger partial charge in [-0.25, -0.2) is 4.79 Å². The average molecular weight is 332 g/mol. The normalized spacial score (nSPS) is 11.0. The van der Waals surface area contributed by atoms with Crippen molar-refractivity contribution in [1.29, 1.82) is 0 Å². The van der Waals surface area contributed by atoms with Crippen molar-refractivity contribution in [3.05, 3.63) is 71.1 Å². The van der Waals surface area contributed by atoms with Crippen molar-refractivity contribution in [3.8, 4) is 22.6 Å². The second-order valence-corrected chi connectivity index (χ2v) is 5.72. The third-order valence-electron chi connectivity index (χ3n) is 4.32. The van der Waals surface area contributed by atoms with Gasteiger partial charge in [-0.1, -0.05) is 36.4 Å². The van der Waals surface area contributed by atoms with Crippen LogP contribution in [0.4, 0.5) is 0 Å². The molecule has 4 heteroatoms. The molecule has 0 bridgehead atoms. The van der Waals surface area contributed by atoms with Crippen molar-refractivity contribution in [2.45, 2.75) is 0 Å². The third kappa shape index (κ3) is 2.52. The van der Waals surface area contributed by atoms with Crippen LogP contribution in [-0.4, -0.2) is 14.2 Å². The number of hydrogen-bond acceptors (Lipinski definition) is 4. The van der Waals surface area contributed by atoms with Gasteiger partial charge < -0.3 is 13.9 Å². The molecule has 1 heterocycles. The van der Waals surface area contributed by atoms with Crippen LogP contribution in [-0.2, 0) is 0 Å². The minimum absolute atomic E-state index is 0.393. The van der Waals surface area contributed by atoms with Crippen LogP contribution in [0.15, 0.2) is 69.9 Å². The maximum absolute atomic E-state index is 12.4. The van der Waals surface area contributed by atoms with Gasteiger partial charge in [-0.15, -0.1) is 0 Å². The topological polar surface area (TPSA) is 48.7 Å². The molecule has 0 spiro atoms. The van der Waals surface area contributed by atoms with Crippen LogP contribution in [0.25, 0.3) is 32.9 Å². The molecule has 3 aromatic carbocycles. The van der Waals surface area contributed by atoms with E-state index in [0.717, 1.165) is 21.9 Å². The van der Waals surface area contributed by atoms with E-state index in [-0.39, 0.29) is 0 Å². The van der Waals surface area contributed by atoms with Crippen LogP contribution in [0.2, 0.25) is 0 Å². The molecule has 4 nitrogen and oxygen atoms in total. The van der Waals surface area contributed by atoms with E-state index >= 15 is 0 Å². The first kappa shape index (κ1) is 15.3. The second-order valence-electron chi connectivity index (χ2n) is 5.72. The molecule has 124 valence electrons. The van der Waals surface area contributed by atoms with Gasteiger partial charge in [0.15, 0.2) is 11.5 Å². The van der Waals surface area contributed by atoms with Crippen molar-refractivity contribution in [1.82, 2.24) is 0 Å². The molecule has 0 aliphatic heterocycles. The summed E-state index contributed by atoms with van der Waals surface area (Å²) in [4.78, 5) is 12.4. The zero-order chi connectivity index (χ0) is 17.4. The van der Waals surface area contributed by atoms with E-state index in [1.165, 1.54) is 0 Å². The highest BCUT2D eigenvalue weighted by Gasteiger charge is 2.13. The standard InChI is InChI=1S/C21H16O4/c1-23-19-11-15-16-10-14(13-6-4-3-5-7-13)8-9-18(16)25-21(22)17(15)12-20(19)24-2/h3-12H,1-2H3. The first-order valence-corrected chi connectivity index (χ1v) is 7.89. The van der Waals surface area contributed by atoms with E-state index in [9.17, 15) is 4.79 Å². The molecule has 0 atom stereocenters. The lowest BCUT2D eigenvalue weighted by atomic mass is 10.0. The molecule has 25 heavy (non-hydrogen) atoms. The lowest BCUT2D eigenvalue weighted by Crippen LogP contribution is -2.01. The Bertz CT molecular complexity index is 1130. The number of methoxy groups -OCH3 is 2. The summed E-state index contributed by atoms with van der Waals surface area (Å²) in [5.74, 6) is 1.08. The van der Waals surface area contributed by atoms with E-state index < -0.39 is 5.63 Å². The molecule has 0 saturated heterocycles. The van der Waals surface area contributed by atoms with Gasteiger partial charge in [0.25, 0.3) is 0 Å². The quantitative estimate of drug-likeness (QED) is 0.405. The van der Waals surface area contributed by atoms with E-state index in [1.807, 2.05) is 54.6 Å². The Hall–Kier alpha value is -3.27. The highest BCUT2D eigenvalue weighted by Crippen LogP contribution is 2.35. The summed E-state index contributed by atoms with van der Waals surface area (Å²) in [6.45, 7) is 0. The Kier molecular flexibility index (Phi) is 3.65. The van der Waals surface area contributed by atoms with Gasteiger partial charge in [0.1, 0.15) is 5.58 Å². The fourth-order valence-corrected chi connectivity index (χ4v) is 3.07. The molecular weight excluding hydrogens is 316 g/mol. The Morgan fingerprint density at radius 2 is 1.40 bits per heavy atom. The monoisotopic (exact) mass is 332 g/mol. The van der Waals surface area contributed by atoms with Crippen molar-refractivity contribution in [2.24, 2.45) is 0 Å². The zero-order valence-corrected chi connectivity index (χ0v) is 13.9. The number of ether oxygens (including phenoxy) is 2. The highest BCUT2D eigenvalue weighted by molar-refractivity contribution is 6.06. The molecule has 0 aliphatic carbocycles. The van der Waals surface area contributed by atoms with E-state index in [4.69, 9.17) is 13.9 Å². The molecule has 1 aromatic heterocycles. The van der Waals surface area contributed by atoms with E-state index in [0.29, 0.717) is 22.5 Å².